The molecular weight excluding hydrogens is 270 g/mol. The van der Waals surface area contributed by atoms with Gasteiger partial charge in [-0.05, 0) is 32.8 Å². The molecule has 5 heteroatoms. The Morgan fingerprint density at radius 2 is 2.00 bits per heavy atom. The Kier molecular flexibility index (Phi) is 6.36. The molecule has 112 valence electrons. The van der Waals surface area contributed by atoms with Gasteiger partial charge in [-0.1, -0.05) is 26.1 Å². The molecule has 0 spiro atoms. The van der Waals surface area contributed by atoms with Crippen molar-refractivity contribution in [1.29, 1.82) is 0 Å². The van der Waals surface area contributed by atoms with Gasteiger partial charge in [0.25, 0.3) is 0 Å². The van der Waals surface area contributed by atoms with Crippen LogP contribution in [0.3, 0.4) is 0 Å². The highest BCUT2D eigenvalue weighted by Gasteiger charge is 2.21. The Bertz CT molecular complexity index is 472. The fourth-order valence-corrected chi connectivity index (χ4v) is 2.93. The van der Waals surface area contributed by atoms with Gasteiger partial charge in [-0.25, -0.2) is 0 Å². The molecule has 0 saturated carbocycles. The lowest BCUT2D eigenvalue weighted by atomic mass is 10.0. The molecule has 1 aromatic rings. The number of hydrogen-bond acceptors (Lipinski definition) is 4. The molecule has 0 aliphatic carbocycles. The van der Waals surface area contributed by atoms with Crippen molar-refractivity contribution in [2.24, 2.45) is 5.73 Å². The number of aryl methyl sites for hydroxylation is 2. The first kappa shape index (κ1) is 16.9. The van der Waals surface area contributed by atoms with E-state index in [0.29, 0.717) is 17.6 Å². The van der Waals surface area contributed by atoms with Gasteiger partial charge in [-0.3, -0.25) is 4.98 Å². The summed E-state index contributed by atoms with van der Waals surface area (Å²) in [4.78, 5) is 7.02. The van der Waals surface area contributed by atoms with Crippen molar-refractivity contribution in [1.82, 2.24) is 4.98 Å². The van der Waals surface area contributed by atoms with Crippen LogP contribution in [0.1, 0.15) is 43.6 Å². The normalized spacial score (nSPS) is 10.9. The number of rotatable bonds is 7. The second-order valence-corrected chi connectivity index (χ2v) is 5.43. The minimum absolute atomic E-state index is 0.105. The van der Waals surface area contributed by atoms with Crippen LogP contribution in [0.4, 0.5) is 5.69 Å². The van der Waals surface area contributed by atoms with Crippen LogP contribution < -0.4 is 10.6 Å². The lowest BCUT2D eigenvalue weighted by Crippen LogP contribution is -2.38. The topological polar surface area (TPSA) is 62.4 Å². The summed E-state index contributed by atoms with van der Waals surface area (Å²) in [7, 11) is 0. The van der Waals surface area contributed by atoms with E-state index >= 15 is 0 Å². The molecule has 0 aromatic carbocycles. The summed E-state index contributed by atoms with van der Waals surface area (Å²) in [6.07, 6.45) is 2.02. The van der Waals surface area contributed by atoms with E-state index in [1.807, 2.05) is 19.9 Å². The molecule has 0 aliphatic heterocycles. The van der Waals surface area contributed by atoms with E-state index in [9.17, 15) is 5.11 Å². The maximum Gasteiger partial charge on any atom is 0.107 e. The van der Waals surface area contributed by atoms with Gasteiger partial charge in [0.05, 0.1) is 17.9 Å². The fraction of sp³-hybridized carbons (Fsp3) is 0.600. The molecular formula is C15H25N3OS. The lowest BCUT2D eigenvalue weighted by Gasteiger charge is -2.34. The van der Waals surface area contributed by atoms with Crippen LogP contribution in [0.5, 0.6) is 0 Å². The van der Waals surface area contributed by atoms with Gasteiger partial charge in [0.2, 0.25) is 0 Å². The zero-order valence-electron chi connectivity index (χ0n) is 12.8. The van der Waals surface area contributed by atoms with Crippen LogP contribution in [-0.2, 0) is 0 Å². The molecule has 0 bridgehead atoms. The molecule has 3 N–H and O–H groups in total. The maximum atomic E-state index is 9.38. The number of anilines is 1. The zero-order valence-corrected chi connectivity index (χ0v) is 13.6. The first-order valence-corrected chi connectivity index (χ1v) is 7.52. The van der Waals surface area contributed by atoms with E-state index in [0.717, 1.165) is 35.5 Å². The molecule has 20 heavy (non-hydrogen) atoms. The van der Waals surface area contributed by atoms with E-state index in [4.69, 9.17) is 18.0 Å². The number of nitrogens with two attached hydrogens (primary N) is 1. The average Bonchev–Trinajstić information content (AvgIpc) is 2.37. The van der Waals surface area contributed by atoms with Crippen molar-refractivity contribution in [3.63, 3.8) is 0 Å². The second kappa shape index (κ2) is 7.55. The van der Waals surface area contributed by atoms with Crippen LogP contribution in [0.25, 0.3) is 0 Å². The largest absolute Gasteiger partial charge is 0.395 e. The number of aliphatic hydroxyl groups excluding tert-OH is 1. The Morgan fingerprint density at radius 1 is 1.40 bits per heavy atom. The number of nitrogens with zero attached hydrogens (tertiary/aromatic N) is 2. The Morgan fingerprint density at radius 3 is 2.45 bits per heavy atom. The highest BCUT2D eigenvalue weighted by atomic mass is 32.1. The fourth-order valence-electron chi connectivity index (χ4n) is 2.68. The minimum Gasteiger partial charge on any atom is -0.395 e. The van der Waals surface area contributed by atoms with Crippen molar-refractivity contribution < 1.29 is 5.11 Å². The molecule has 0 fully saturated rings. The van der Waals surface area contributed by atoms with Crippen molar-refractivity contribution in [2.75, 3.05) is 18.1 Å². The Labute approximate surface area is 127 Å². The molecule has 1 rings (SSSR count). The summed E-state index contributed by atoms with van der Waals surface area (Å²) in [5, 5.41) is 9.38. The van der Waals surface area contributed by atoms with Gasteiger partial charge in [-0.2, -0.15) is 0 Å². The van der Waals surface area contributed by atoms with E-state index in [1.54, 1.807) is 0 Å². The van der Waals surface area contributed by atoms with Crippen molar-refractivity contribution in [2.45, 2.75) is 46.6 Å². The molecule has 1 heterocycles. The molecule has 0 aliphatic rings. The third kappa shape index (κ3) is 3.67. The number of pyridine rings is 1. The van der Waals surface area contributed by atoms with Gasteiger partial charge in [0.15, 0.2) is 0 Å². The van der Waals surface area contributed by atoms with Crippen LogP contribution in [-0.4, -0.2) is 34.3 Å². The number of hydrogen-bond donors (Lipinski definition) is 2. The molecule has 0 amide bonds. The van der Waals surface area contributed by atoms with Crippen molar-refractivity contribution >= 4 is 22.9 Å². The monoisotopic (exact) mass is 295 g/mol. The first-order chi connectivity index (χ1) is 9.46. The summed E-state index contributed by atoms with van der Waals surface area (Å²) in [6, 6.07) is 2.37. The standard InChI is InChI=1S/C15H25N3OS/c1-5-12(6-2)18(7-8-19)13-9-10(3)17-11(4)14(13)15(16)20/h9,12,19H,5-8H2,1-4H3,(H2,16,20). The maximum absolute atomic E-state index is 9.38. The minimum atomic E-state index is 0.105. The summed E-state index contributed by atoms with van der Waals surface area (Å²) < 4.78 is 0. The Balaban J connectivity index is 3.41. The molecule has 0 atom stereocenters. The number of aromatic nitrogens is 1. The summed E-state index contributed by atoms with van der Waals surface area (Å²) in [6.45, 7) is 8.87. The van der Waals surface area contributed by atoms with Crippen LogP contribution >= 0.6 is 12.2 Å². The van der Waals surface area contributed by atoms with Gasteiger partial charge in [-0.15, -0.1) is 0 Å². The molecule has 0 unspecified atom stereocenters. The van der Waals surface area contributed by atoms with E-state index in [2.05, 4.69) is 23.7 Å². The third-order valence-corrected chi connectivity index (χ3v) is 3.79. The average molecular weight is 295 g/mol. The van der Waals surface area contributed by atoms with E-state index in [1.165, 1.54) is 0 Å². The summed E-state index contributed by atoms with van der Waals surface area (Å²) in [5.41, 5.74) is 9.49. The highest BCUT2D eigenvalue weighted by Crippen LogP contribution is 2.27. The smallest absolute Gasteiger partial charge is 0.107 e. The van der Waals surface area contributed by atoms with Crippen LogP contribution in [0.2, 0.25) is 0 Å². The lowest BCUT2D eigenvalue weighted by molar-refractivity contribution is 0.296. The van der Waals surface area contributed by atoms with Crippen molar-refractivity contribution in [3.05, 3.63) is 23.0 Å². The zero-order chi connectivity index (χ0) is 15.3. The number of aliphatic hydroxyl groups is 1. The molecule has 4 nitrogen and oxygen atoms in total. The second-order valence-electron chi connectivity index (χ2n) is 4.99. The molecule has 0 saturated heterocycles. The van der Waals surface area contributed by atoms with Gasteiger partial charge in [0, 0.05) is 24.0 Å². The summed E-state index contributed by atoms with van der Waals surface area (Å²) >= 11 is 5.19. The molecule has 0 radical (unpaired) electrons. The number of thiocarbonyl (C=S) groups is 1. The van der Waals surface area contributed by atoms with Crippen LogP contribution in [0, 0.1) is 13.8 Å². The predicted molar refractivity (Wildman–Crippen MR) is 88.4 cm³/mol. The van der Waals surface area contributed by atoms with Crippen LogP contribution in [0.15, 0.2) is 6.07 Å². The van der Waals surface area contributed by atoms with Gasteiger partial charge >= 0.3 is 0 Å². The van der Waals surface area contributed by atoms with Crippen molar-refractivity contribution in [3.8, 4) is 0 Å². The predicted octanol–water partition coefficient (Wildman–Crippen LogP) is 2.32. The molecule has 1 aromatic heterocycles. The van der Waals surface area contributed by atoms with Gasteiger partial charge < -0.3 is 15.7 Å². The quantitative estimate of drug-likeness (QED) is 0.756. The Hall–Kier alpha value is -1.20. The third-order valence-electron chi connectivity index (χ3n) is 3.59. The first-order valence-electron chi connectivity index (χ1n) is 7.11. The van der Waals surface area contributed by atoms with Gasteiger partial charge in [0.1, 0.15) is 4.99 Å². The summed E-state index contributed by atoms with van der Waals surface area (Å²) in [5.74, 6) is 0. The van der Waals surface area contributed by atoms with E-state index < -0.39 is 0 Å². The SMILES string of the molecule is CCC(CC)N(CCO)c1cc(C)nc(C)c1C(N)=S. The van der Waals surface area contributed by atoms with E-state index in [-0.39, 0.29) is 6.61 Å². The highest BCUT2D eigenvalue weighted by molar-refractivity contribution is 7.80.